The molecule has 0 radical (unpaired) electrons. The smallest absolute Gasteiger partial charge is 0.223 e. The van der Waals surface area contributed by atoms with E-state index in [4.69, 9.17) is 11.6 Å². The van der Waals surface area contributed by atoms with Crippen LogP contribution in [0, 0.1) is 5.92 Å². The van der Waals surface area contributed by atoms with E-state index in [0.29, 0.717) is 18.9 Å². The summed E-state index contributed by atoms with van der Waals surface area (Å²) in [5.74, 6) is 0.691. The van der Waals surface area contributed by atoms with Crippen molar-refractivity contribution in [2.45, 2.75) is 72.5 Å². The number of unbranched alkanes of at least 4 members (excludes halogenated alkanes) is 2. The molecular weight excluding hydrogens is 356 g/mol. The number of carbonyl (C=O) groups is 1. The quantitative estimate of drug-likeness (QED) is 0.448. The zero-order chi connectivity index (χ0) is 19.8. The van der Waals surface area contributed by atoms with Gasteiger partial charge in [-0.15, -0.1) is 0 Å². The first-order valence-electron chi connectivity index (χ1n) is 10.1. The minimum absolute atomic E-state index is 0.216. The van der Waals surface area contributed by atoms with Crippen LogP contribution < -0.4 is 0 Å². The lowest BCUT2D eigenvalue weighted by Gasteiger charge is -2.32. The van der Waals surface area contributed by atoms with E-state index in [9.17, 15) is 4.79 Å². The molecule has 1 aromatic carbocycles. The third-order valence-corrected chi connectivity index (χ3v) is 5.50. The highest BCUT2D eigenvalue weighted by Crippen LogP contribution is 2.19. The van der Waals surface area contributed by atoms with Gasteiger partial charge >= 0.3 is 0 Å². The Bertz CT molecular complexity index is 723. The number of rotatable bonds is 10. The molecule has 2 rings (SSSR count). The predicted molar refractivity (Wildman–Crippen MR) is 114 cm³/mol. The number of nitrogens with zero attached hydrogens (tertiary/aromatic N) is 2. The van der Waals surface area contributed by atoms with E-state index in [2.05, 4.69) is 61.6 Å². The second-order valence-electron chi connectivity index (χ2n) is 7.72. The Labute approximate surface area is 169 Å². The van der Waals surface area contributed by atoms with Gasteiger partial charge in [-0.2, -0.15) is 0 Å². The van der Waals surface area contributed by atoms with Gasteiger partial charge in [-0.05, 0) is 49.1 Å². The Balaban J connectivity index is 2.15. The van der Waals surface area contributed by atoms with Crippen LogP contribution in [-0.2, 0) is 17.9 Å². The van der Waals surface area contributed by atoms with Crippen LogP contribution in [-0.4, -0.2) is 21.4 Å². The van der Waals surface area contributed by atoms with E-state index in [-0.39, 0.29) is 11.9 Å². The molecule has 3 nitrogen and oxygen atoms in total. The number of benzene rings is 1. The molecule has 1 heterocycles. The van der Waals surface area contributed by atoms with Gasteiger partial charge in [0.05, 0.1) is 6.54 Å². The average molecular weight is 389 g/mol. The minimum atomic E-state index is 0.216. The zero-order valence-electron chi connectivity index (χ0n) is 17.1. The van der Waals surface area contributed by atoms with E-state index >= 15 is 0 Å². The fraction of sp³-hybridized carbons (Fsp3) is 0.522. The first-order chi connectivity index (χ1) is 12.9. The van der Waals surface area contributed by atoms with Crippen molar-refractivity contribution in [2.24, 2.45) is 5.92 Å². The highest BCUT2D eigenvalue weighted by atomic mass is 35.5. The van der Waals surface area contributed by atoms with E-state index in [0.717, 1.165) is 42.1 Å². The van der Waals surface area contributed by atoms with Gasteiger partial charge in [0, 0.05) is 35.9 Å². The van der Waals surface area contributed by atoms with Gasteiger partial charge < -0.3 is 9.47 Å². The molecule has 0 bridgehead atoms. The summed E-state index contributed by atoms with van der Waals surface area (Å²) < 4.78 is 2.21. The first kappa shape index (κ1) is 21.6. The molecule has 0 saturated heterocycles. The average Bonchev–Trinajstić information content (AvgIpc) is 3.06. The molecule has 0 unspecified atom stereocenters. The lowest BCUT2D eigenvalue weighted by atomic mass is 10.0. The maximum atomic E-state index is 12.9. The second kappa shape index (κ2) is 10.6. The van der Waals surface area contributed by atoms with Gasteiger partial charge in [0.15, 0.2) is 0 Å². The van der Waals surface area contributed by atoms with Crippen LogP contribution in [0.2, 0.25) is 5.02 Å². The second-order valence-corrected chi connectivity index (χ2v) is 8.16. The van der Waals surface area contributed by atoms with Crippen LogP contribution in [0.25, 0.3) is 0 Å². The summed E-state index contributed by atoms with van der Waals surface area (Å²) in [6, 6.07) is 12.3. The Morgan fingerprint density at radius 3 is 2.59 bits per heavy atom. The summed E-state index contributed by atoms with van der Waals surface area (Å²) in [4.78, 5) is 15.0. The SMILES string of the molecule is CCCCCC(=O)N(Cc1cccn1Cc1cccc(Cl)c1)[C@@H](C)C(C)C. The summed E-state index contributed by atoms with van der Waals surface area (Å²) in [6.45, 7) is 10.1. The van der Waals surface area contributed by atoms with E-state index < -0.39 is 0 Å². The van der Waals surface area contributed by atoms with E-state index in [1.165, 1.54) is 0 Å². The molecule has 1 amide bonds. The molecule has 0 spiro atoms. The number of amides is 1. The topological polar surface area (TPSA) is 25.2 Å². The van der Waals surface area contributed by atoms with Crippen molar-refractivity contribution in [3.05, 3.63) is 58.9 Å². The van der Waals surface area contributed by atoms with Gasteiger partial charge in [-0.3, -0.25) is 4.79 Å². The van der Waals surface area contributed by atoms with Gasteiger partial charge in [0.1, 0.15) is 0 Å². The summed E-state index contributed by atoms with van der Waals surface area (Å²) in [5, 5.41) is 0.752. The summed E-state index contributed by atoms with van der Waals surface area (Å²) in [7, 11) is 0. The molecule has 0 fully saturated rings. The Kier molecular flexibility index (Phi) is 8.43. The first-order valence-corrected chi connectivity index (χ1v) is 10.5. The summed E-state index contributed by atoms with van der Waals surface area (Å²) in [6.07, 6.45) is 5.94. The van der Waals surface area contributed by atoms with Crippen LogP contribution in [0.5, 0.6) is 0 Å². The number of aromatic nitrogens is 1. The highest BCUT2D eigenvalue weighted by molar-refractivity contribution is 6.30. The molecule has 4 heteroatoms. The molecule has 1 aromatic heterocycles. The van der Waals surface area contributed by atoms with Gasteiger partial charge in [-0.1, -0.05) is 57.3 Å². The third kappa shape index (κ3) is 6.42. The molecular formula is C23H33ClN2O. The number of hydrogen-bond acceptors (Lipinski definition) is 1. The summed E-state index contributed by atoms with van der Waals surface area (Å²) in [5.41, 5.74) is 2.32. The lowest BCUT2D eigenvalue weighted by Crippen LogP contribution is -2.41. The van der Waals surface area contributed by atoms with Crippen LogP contribution in [0.1, 0.15) is 64.6 Å². The van der Waals surface area contributed by atoms with Gasteiger partial charge in [0.25, 0.3) is 0 Å². The van der Waals surface area contributed by atoms with E-state index in [1.807, 2.05) is 18.2 Å². The molecule has 148 valence electrons. The largest absolute Gasteiger partial charge is 0.345 e. The van der Waals surface area contributed by atoms with Gasteiger partial charge in [0.2, 0.25) is 5.91 Å². The van der Waals surface area contributed by atoms with Crippen LogP contribution >= 0.6 is 11.6 Å². The maximum Gasteiger partial charge on any atom is 0.223 e. The Morgan fingerprint density at radius 1 is 1.15 bits per heavy atom. The number of carbonyl (C=O) groups excluding carboxylic acids is 1. The highest BCUT2D eigenvalue weighted by Gasteiger charge is 2.23. The minimum Gasteiger partial charge on any atom is -0.345 e. The molecule has 0 aliphatic carbocycles. The van der Waals surface area contributed by atoms with Crippen molar-refractivity contribution in [3.8, 4) is 0 Å². The maximum absolute atomic E-state index is 12.9. The fourth-order valence-electron chi connectivity index (χ4n) is 3.24. The number of halogens is 1. The molecule has 0 saturated carbocycles. The Morgan fingerprint density at radius 2 is 1.93 bits per heavy atom. The van der Waals surface area contributed by atoms with Crippen molar-refractivity contribution in [2.75, 3.05) is 0 Å². The third-order valence-electron chi connectivity index (χ3n) is 5.27. The molecule has 0 N–H and O–H groups in total. The van der Waals surface area contributed by atoms with E-state index in [1.54, 1.807) is 0 Å². The van der Waals surface area contributed by atoms with Crippen molar-refractivity contribution in [3.63, 3.8) is 0 Å². The molecule has 0 aliphatic heterocycles. The molecule has 1 atom stereocenters. The zero-order valence-corrected chi connectivity index (χ0v) is 17.9. The lowest BCUT2D eigenvalue weighted by molar-refractivity contribution is -0.135. The monoisotopic (exact) mass is 388 g/mol. The predicted octanol–water partition coefficient (Wildman–Crippen LogP) is 6.14. The standard InChI is InChI=1S/C23H33ClN2O/c1-5-6-7-13-23(27)26(19(4)18(2)3)17-22-12-9-14-25(22)16-20-10-8-11-21(24)15-20/h8-12,14-15,18-19H,5-7,13,16-17H2,1-4H3/t19-/m0/s1. The molecule has 0 aliphatic rings. The molecule has 2 aromatic rings. The van der Waals surface area contributed by atoms with Crippen molar-refractivity contribution >= 4 is 17.5 Å². The normalized spacial score (nSPS) is 12.4. The molecule has 27 heavy (non-hydrogen) atoms. The van der Waals surface area contributed by atoms with Crippen molar-refractivity contribution < 1.29 is 4.79 Å². The van der Waals surface area contributed by atoms with Crippen molar-refractivity contribution in [1.29, 1.82) is 0 Å². The van der Waals surface area contributed by atoms with Gasteiger partial charge in [-0.25, -0.2) is 0 Å². The number of hydrogen-bond donors (Lipinski definition) is 0. The van der Waals surface area contributed by atoms with Crippen LogP contribution in [0.3, 0.4) is 0 Å². The van der Waals surface area contributed by atoms with Crippen molar-refractivity contribution in [1.82, 2.24) is 9.47 Å². The summed E-state index contributed by atoms with van der Waals surface area (Å²) >= 11 is 6.13. The Hall–Kier alpha value is -1.74. The van der Waals surface area contributed by atoms with Crippen LogP contribution in [0.4, 0.5) is 0 Å². The van der Waals surface area contributed by atoms with Crippen LogP contribution in [0.15, 0.2) is 42.6 Å². The fourth-order valence-corrected chi connectivity index (χ4v) is 3.46.